The molecular weight excluding hydrogens is 462 g/mol. The first kappa shape index (κ1) is 19.8. The number of hydrogen-bond acceptors (Lipinski definition) is 5. The lowest BCUT2D eigenvalue weighted by Gasteiger charge is -2.35. The Morgan fingerprint density at radius 1 is 1.17 bits per heavy atom. The zero-order valence-corrected chi connectivity index (χ0v) is 17.4. The Labute approximate surface area is 182 Å². The summed E-state index contributed by atoms with van der Waals surface area (Å²) in [4.78, 5) is 19.0. The molecule has 1 saturated heterocycles. The van der Waals surface area contributed by atoms with E-state index in [9.17, 15) is 18.0 Å². The van der Waals surface area contributed by atoms with Crippen LogP contribution in [0.1, 0.15) is 40.8 Å². The minimum Gasteiger partial charge on any atom is -0.324 e. The summed E-state index contributed by atoms with van der Waals surface area (Å²) in [6.45, 7) is 0.449. The second kappa shape index (κ2) is 6.93. The number of hydrogen-bond donors (Lipinski definition) is 0. The van der Waals surface area contributed by atoms with Crippen LogP contribution in [0, 0.1) is 0 Å². The van der Waals surface area contributed by atoms with Crippen molar-refractivity contribution >= 4 is 40.4 Å². The number of fused-ring (bicyclic) bond motifs is 4. The van der Waals surface area contributed by atoms with Crippen molar-refractivity contribution < 1.29 is 18.0 Å². The first-order chi connectivity index (χ1) is 14.3. The van der Waals surface area contributed by atoms with Crippen molar-refractivity contribution in [2.45, 2.75) is 37.6 Å². The third-order valence-electron chi connectivity index (χ3n) is 5.39. The van der Waals surface area contributed by atoms with E-state index in [1.165, 1.54) is 17.4 Å². The van der Waals surface area contributed by atoms with Gasteiger partial charge in [0.25, 0.3) is 5.91 Å². The second-order valence-electron chi connectivity index (χ2n) is 7.07. The van der Waals surface area contributed by atoms with Crippen molar-refractivity contribution in [1.82, 2.24) is 24.6 Å². The van der Waals surface area contributed by atoms with E-state index in [1.807, 2.05) is 10.6 Å². The lowest BCUT2D eigenvalue weighted by molar-refractivity contribution is -0.141. The highest BCUT2D eigenvalue weighted by molar-refractivity contribution is 7.19. The SMILES string of the molecule is O=C(c1ccnc(C(F)(F)F)c1Cl)N1C2CC[C@@H]1c1nnc(-c3ccc(Cl)s3)n1C2. The summed E-state index contributed by atoms with van der Waals surface area (Å²) < 4.78 is 42.1. The van der Waals surface area contributed by atoms with Gasteiger partial charge in [0, 0.05) is 12.7 Å². The highest BCUT2D eigenvalue weighted by atomic mass is 35.5. The van der Waals surface area contributed by atoms with Gasteiger partial charge in [-0.05, 0) is 31.0 Å². The molecule has 5 rings (SSSR count). The first-order valence-corrected chi connectivity index (χ1v) is 10.6. The fourth-order valence-corrected chi connectivity index (χ4v) is 5.47. The van der Waals surface area contributed by atoms with Crippen LogP contribution in [0.15, 0.2) is 24.4 Å². The first-order valence-electron chi connectivity index (χ1n) is 8.99. The molecular formula is C18H12Cl2F3N5OS. The monoisotopic (exact) mass is 473 g/mol. The normalized spacial score (nSPS) is 20.5. The van der Waals surface area contributed by atoms with E-state index < -0.39 is 22.8 Å². The van der Waals surface area contributed by atoms with Gasteiger partial charge in [0.15, 0.2) is 17.3 Å². The molecule has 3 aromatic heterocycles. The largest absolute Gasteiger partial charge is 0.434 e. The van der Waals surface area contributed by atoms with Gasteiger partial charge < -0.3 is 9.47 Å². The van der Waals surface area contributed by atoms with Gasteiger partial charge >= 0.3 is 6.18 Å². The Kier molecular flexibility index (Phi) is 4.57. The van der Waals surface area contributed by atoms with E-state index in [0.717, 1.165) is 11.1 Å². The summed E-state index contributed by atoms with van der Waals surface area (Å²) in [5, 5.41) is 7.87. The van der Waals surface area contributed by atoms with Crippen LogP contribution in [0.2, 0.25) is 9.36 Å². The van der Waals surface area contributed by atoms with Gasteiger partial charge in [0.1, 0.15) is 0 Å². The average Bonchev–Trinajstić information content (AvgIpc) is 3.37. The number of thiophene rings is 1. The summed E-state index contributed by atoms with van der Waals surface area (Å²) in [5.74, 6) is 0.723. The topological polar surface area (TPSA) is 63.9 Å². The summed E-state index contributed by atoms with van der Waals surface area (Å²) in [5.41, 5.74) is -1.48. The molecule has 3 aromatic rings. The Morgan fingerprint density at radius 3 is 2.67 bits per heavy atom. The summed E-state index contributed by atoms with van der Waals surface area (Å²) >= 11 is 13.4. The van der Waals surface area contributed by atoms with E-state index in [0.29, 0.717) is 35.4 Å². The molecule has 0 aliphatic carbocycles. The molecule has 156 valence electrons. The van der Waals surface area contributed by atoms with Crippen molar-refractivity contribution in [3.8, 4) is 10.7 Å². The molecule has 2 aliphatic heterocycles. The molecule has 2 bridgehead atoms. The van der Waals surface area contributed by atoms with Crippen LogP contribution in [0.25, 0.3) is 10.7 Å². The van der Waals surface area contributed by atoms with Crippen LogP contribution in [-0.2, 0) is 12.7 Å². The number of carbonyl (C=O) groups excluding carboxylic acids is 1. The molecule has 0 aromatic carbocycles. The number of amides is 1. The van der Waals surface area contributed by atoms with Crippen LogP contribution < -0.4 is 0 Å². The molecule has 2 atom stereocenters. The highest BCUT2D eigenvalue weighted by Gasteiger charge is 2.46. The van der Waals surface area contributed by atoms with Crippen molar-refractivity contribution in [3.63, 3.8) is 0 Å². The summed E-state index contributed by atoms with van der Waals surface area (Å²) in [6, 6.07) is 4.28. The van der Waals surface area contributed by atoms with E-state index in [2.05, 4.69) is 15.2 Å². The minimum absolute atomic E-state index is 0.196. The molecule has 5 heterocycles. The number of halogens is 5. The summed E-state index contributed by atoms with van der Waals surface area (Å²) in [6.07, 6.45) is -2.44. The fourth-order valence-electron chi connectivity index (χ4n) is 4.14. The molecule has 6 nitrogen and oxygen atoms in total. The third kappa shape index (κ3) is 3.00. The van der Waals surface area contributed by atoms with Crippen molar-refractivity contribution in [3.05, 3.63) is 50.8 Å². The van der Waals surface area contributed by atoms with Crippen LogP contribution in [0.3, 0.4) is 0 Å². The molecule has 1 amide bonds. The summed E-state index contributed by atoms with van der Waals surface area (Å²) in [7, 11) is 0. The number of nitrogens with zero attached hydrogens (tertiary/aromatic N) is 5. The minimum atomic E-state index is -4.74. The Bertz CT molecular complexity index is 1160. The Balaban J connectivity index is 1.52. The standard InChI is InChI=1S/C18H12Cl2F3N5OS/c19-12-4-3-11(30-12)16-26-25-15-10-2-1-8(7-27(15)16)28(10)17(29)9-5-6-24-14(13(9)20)18(21,22)23/h3-6,8,10H,1-2,7H2/t8?,10-/m1/s1. The zero-order valence-electron chi connectivity index (χ0n) is 15.0. The molecule has 0 spiro atoms. The number of rotatable bonds is 2. The van der Waals surface area contributed by atoms with Gasteiger partial charge in [-0.3, -0.25) is 9.78 Å². The number of alkyl halides is 3. The van der Waals surface area contributed by atoms with E-state index >= 15 is 0 Å². The Morgan fingerprint density at radius 2 is 1.97 bits per heavy atom. The number of pyridine rings is 1. The highest BCUT2D eigenvalue weighted by Crippen LogP contribution is 2.44. The van der Waals surface area contributed by atoms with E-state index in [-0.39, 0.29) is 17.6 Å². The predicted molar refractivity (Wildman–Crippen MR) is 105 cm³/mol. The van der Waals surface area contributed by atoms with E-state index in [1.54, 1.807) is 11.0 Å². The number of carbonyl (C=O) groups is 1. The molecule has 1 unspecified atom stereocenters. The van der Waals surface area contributed by atoms with Gasteiger partial charge in [0.05, 0.1) is 31.9 Å². The van der Waals surface area contributed by atoms with Crippen LogP contribution in [0.5, 0.6) is 0 Å². The van der Waals surface area contributed by atoms with Gasteiger partial charge in [-0.1, -0.05) is 23.2 Å². The quantitative estimate of drug-likeness (QED) is 0.520. The zero-order chi connectivity index (χ0) is 21.2. The van der Waals surface area contributed by atoms with Crippen molar-refractivity contribution in [2.75, 3.05) is 0 Å². The molecule has 2 aliphatic rings. The maximum atomic E-state index is 13.2. The lowest BCUT2D eigenvalue weighted by atomic mass is 10.1. The van der Waals surface area contributed by atoms with E-state index in [4.69, 9.17) is 23.2 Å². The molecule has 0 saturated carbocycles. The second-order valence-corrected chi connectivity index (χ2v) is 9.17. The smallest absolute Gasteiger partial charge is 0.324 e. The number of aromatic nitrogens is 4. The van der Waals surface area contributed by atoms with Crippen LogP contribution in [0.4, 0.5) is 13.2 Å². The van der Waals surface area contributed by atoms with Gasteiger partial charge in [-0.15, -0.1) is 21.5 Å². The average molecular weight is 474 g/mol. The van der Waals surface area contributed by atoms with Gasteiger partial charge in [0.2, 0.25) is 0 Å². The fraction of sp³-hybridized carbons (Fsp3) is 0.333. The lowest BCUT2D eigenvalue weighted by Crippen LogP contribution is -2.44. The van der Waals surface area contributed by atoms with Crippen LogP contribution in [-0.4, -0.2) is 36.6 Å². The van der Waals surface area contributed by atoms with Crippen molar-refractivity contribution in [1.29, 1.82) is 0 Å². The molecule has 0 N–H and O–H groups in total. The van der Waals surface area contributed by atoms with Gasteiger partial charge in [-0.25, -0.2) is 0 Å². The molecule has 12 heteroatoms. The predicted octanol–water partition coefficient (Wildman–Crippen LogP) is 5.09. The van der Waals surface area contributed by atoms with Crippen molar-refractivity contribution in [2.24, 2.45) is 0 Å². The maximum Gasteiger partial charge on any atom is 0.434 e. The molecule has 0 radical (unpaired) electrons. The third-order valence-corrected chi connectivity index (χ3v) is 7.00. The van der Waals surface area contributed by atoms with Crippen LogP contribution >= 0.6 is 34.5 Å². The molecule has 1 fully saturated rings. The Hall–Kier alpha value is -2.17. The maximum absolute atomic E-state index is 13.2. The van der Waals surface area contributed by atoms with Gasteiger partial charge in [-0.2, -0.15) is 13.2 Å². The molecule has 30 heavy (non-hydrogen) atoms.